The smallest absolute Gasteiger partial charge is 0.183 e. The van der Waals surface area contributed by atoms with E-state index in [1.165, 1.54) is 25.3 Å². The molecule has 0 bridgehead atoms. The first-order valence-corrected chi connectivity index (χ1v) is 9.37. The van der Waals surface area contributed by atoms with Crippen LogP contribution >= 0.6 is 0 Å². The highest BCUT2D eigenvalue weighted by Gasteiger charge is 2.72. The second-order valence-corrected chi connectivity index (χ2v) is 8.47. The summed E-state index contributed by atoms with van der Waals surface area (Å²) in [6.07, 6.45) is 0. The lowest BCUT2D eigenvalue weighted by Crippen LogP contribution is -2.19. The minimum atomic E-state index is -3.76. The van der Waals surface area contributed by atoms with Crippen LogP contribution in [0.15, 0.2) is 53.4 Å². The maximum Gasteiger partial charge on any atom is 0.183 e. The molecular weight excluding hydrogens is 341 g/mol. The first kappa shape index (κ1) is 17.6. The minimum absolute atomic E-state index is 0.0273. The molecular formula is C19H18FNO3S. The van der Waals surface area contributed by atoms with Crippen molar-refractivity contribution in [3.05, 3.63) is 65.5 Å². The van der Waals surface area contributed by atoms with Gasteiger partial charge in [-0.15, -0.1) is 0 Å². The summed E-state index contributed by atoms with van der Waals surface area (Å²) >= 11 is 0. The zero-order chi connectivity index (χ0) is 18.2. The molecule has 6 heteroatoms. The Morgan fingerprint density at radius 2 is 1.92 bits per heavy atom. The normalized spacial score (nSPS) is 25.4. The molecule has 0 heterocycles. The van der Waals surface area contributed by atoms with Crippen molar-refractivity contribution < 1.29 is 17.5 Å². The van der Waals surface area contributed by atoms with Crippen molar-refractivity contribution in [1.82, 2.24) is 0 Å². The highest BCUT2D eigenvalue weighted by atomic mass is 32.2. The van der Waals surface area contributed by atoms with E-state index in [2.05, 4.69) is 6.07 Å². The van der Waals surface area contributed by atoms with Crippen LogP contribution in [0.2, 0.25) is 0 Å². The predicted octanol–water partition coefficient (Wildman–Crippen LogP) is 3.23. The molecule has 0 aliphatic heterocycles. The van der Waals surface area contributed by atoms with Crippen molar-refractivity contribution in [2.24, 2.45) is 5.41 Å². The molecule has 130 valence electrons. The Labute approximate surface area is 146 Å². The van der Waals surface area contributed by atoms with Crippen LogP contribution < -0.4 is 0 Å². The number of benzene rings is 2. The van der Waals surface area contributed by atoms with Gasteiger partial charge >= 0.3 is 0 Å². The van der Waals surface area contributed by atoms with Crippen molar-refractivity contribution in [3.63, 3.8) is 0 Å². The summed E-state index contributed by atoms with van der Waals surface area (Å²) in [6, 6.07) is 14.4. The highest BCUT2D eigenvalue weighted by Crippen LogP contribution is 2.63. The number of rotatable bonds is 5. The molecule has 1 aliphatic rings. The zero-order valence-electron chi connectivity index (χ0n) is 13.9. The summed E-state index contributed by atoms with van der Waals surface area (Å²) in [5, 5.41) is 8.76. The van der Waals surface area contributed by atoms with E-state index in [-0.39, 0.29) is 11.5 Å². The van der Waals surface area contributed by atoms with Crippen LogP contribution in [0.5, 0.6) is 0 Å². The summed E-state index contributed by atoms with van der Waals surface area (Å²) in [5.41, 5.74) is 0.228. The molecule has 0 N–H and O–H groups in total. The van der Waals surface area contributed by atoms with Crippen molar-refractivity contribution in [2.45, 2.75) is 23.0 Å². The van der Waals surface area contributed by atoms with Crippen molar-refractivity contribution >= 4 is 9.84 Å². The average Bonchev–Trinajstić information content (AvgIpc) is 3.26. The Balaban J connectivity index is 2.09. The molecule has 3 atom stereocenters. The number of methoxy groups -OCH3 is 1. The van der Waals surface area contributed by atoms with Crippen molar-refractivity contribution in [3.8, 4) is 6.07 Å². The first-order chi connectivity index (χ1) is 11.9. The third kappa shape index (κ3) is 2.84. The minimum Gasteiger partial charge on any atom is -0.383 e. The molecule has 2 aromatic carbocycles. The number of nitrogens with zero attached hydrogens (tertiary/aromatic N) is 1. The Hall–Kier alpha value is -2.23. The zero-order valence-corrected chi connectivity index (χ0v) is 14.8. The van der Waals surface area contributed by atoms with E-state index in [9.17, 15) is 18.1 Å². The lowest BCUT2D eigenvalue weighted by molar-refractivity contribution is 0.162. The molecule has 1 fully saturated rings. The molecule has 25 heavy (non-hydrogen) atoms. The fraction of sp³-hybridized carbons (Fsp3) is 0.316. The number of aryl methyl sites for hydroxylation is 1. The summed E-state index contributed by atoms with van der Waals surface area (Å²) in [4.78, 5) is 0.165. The van der Waals surface area contributed by atoms with Crippen LogP contribution in [0.25, 0.3) is 0 Å². The Kier molecular flexibility index (Phi) is 4.40. The van der Waals surface area contributed by atoms with Gasteiger partial charge in [0.25, 0.3) is 0 Å². The predicted molar refractivity (Wildman–Crippen MR) is 91.2 cm³/mol. The lowest BCUT2D eigenvalue weighted by atomic mass is 10.0. The summed E-state index contributed by atoms with van der Waals surface area (Å²) in [7, 11) is -2.33. The van der Waals surface area contributed by atoms with Gasteiger partial charge in [-0.25, -0.2) is 12.8 Å². The van der Waals surface area contributed by atoms with Gasteiger partial charge in [0.2, 0.25) is 0 Å². The molecule has 0 aromatic heterocycles. The first-order valence-electron chi connectivity index (χ1n) is 7.83. The maximum absolute atomic E-state index is 13.6. The molecule has 0 radical (unpaired) electrons. The van der Waals surface area contributed by atoms with E-state index in [0.29, 0.717) is 5.56 Å². The second kappa shape index (κ2) is 6.25. The largest absolute Gasteiger partial charge is 0.383 e. The molecule has 1 saturated carbocycles. The average molecular weight is 359 g/mol. The highest BCUT2D eigenvalue weighted by molar-refractivity contribution is 7.92. The lowest BCUT2D eigenvalue weighted by Gasteiger charge is -2.08. The van der Waals surface area contributed by atoms with E-state index < -0.39 is 32.2 Å². The number of sulfone groups is 1. The fourth-order valence-electron chi connectivity index (χ4n) is 3.48. The Morgan fingerprint density at radius 1 is 1.24 bits per heavy atom. The molecule has 0 spiro atoms. The van der Waals surface area contributed by atoms with Gasteiger partial charge in [-0.05, 0) is 36.8 Å². The van der Waals surface area contributed by atoms with E-state index in [0.717, 1.165) is 5.56 Å². The van der Waals surface area contributed by atoms with E-state index in [4.69, 9.17) is 4.74 Å². The van der Waals surface area contributed by atoms with Crippen molar-refractivity contribution in [1.29, 1.82) is 5.26 Å². The van der Waals surface area contributed by atoms with Crippen molar-refractivity contribution in [2.75, 3.05) is 13.7 Å². The summed E-state index contributed by atoms with van der Waals surface area (Å²) in [6.45, 7) is 1.84. The molecule has 0 unspecified atom stereocenters. The van der Waals surface area contributed by atoms with E-state index >= 15 is 0 Å². The number of hydrogen-bond acceptors (Lipinski definition) is 4. The third-order valence-corrected chi connectivity index (χ3v) is 7.03. The number of ether oxygens (including phenoxy) is 1. The van der Waals surface area contributed by atoms with Crippen LogP contribution in [0.1, 0.15) is 17.0 Å². The topological polar surface area (TPSA) is 67.2 Å². The van der Waals surface area contributed by atoms with Crippen LogP contribution in [-0.2, 0) is 14.6 Å². The molecule has 3 rings (SSSR count). The SMILES string of the molecule is COC[C@]1(C#N)[C@H](c2cccc(F)c2)[C@@H]1S(=O)(=O)c1ccc(C)cc1. The van der Waals surface area contributed by atoms with Crippen LogP contribution in [0.4, 0.5) is 4.39 Å². The van der Waals surface area contributed by atoms with Crippen LogP contribution in [0.3, 0.4) is 0 Å². The van der Waals surface area contributed by atoms with Gasteiger partial charge in [0.15, 0.2) is 9.84 Å². The van der Waals surface area contributed by atoms with Gasteiger partial charge in [0, 0.05) is 13.0 Å². The van der Waals surface area contributed by atoms with Crippen LogP contribution in [-0.4, -0.2) is 27.4 Å². The fourth-order valence-corrected chi connectivity index (χ4v) is 5.79. The third-order valence-electron chi connectivity index (χ3n) is 4.74. The van der Waals surface area contributed by atoms with Gasteiger partial charge in [-0.2, -0.15) is 5.26 Å². The van der Waals surface area contributed by atoms with Gasteiger partial charge in [0.05, 0.1) is 22.8 Å². The quantitative estimate of drug-likeness (QED) is 0.822. The molecule has 1 aliphatic carbocycles. The molecule has 0 saturated heterocycles. The summed E-state index contributed by atoms with van der Waals surface area (Å²) < 4.78 is 45.0. The number of halogens is 1. The standard InChI is InChI=1S/C19H18FNO3S/c1-13-6-8-16(9-7-13)25(22,23)18-17(19(18,11-21)12-24-2)14-4-3-5-15(20)10-14/h3-10,17-18H,12H2,1-2H3/t17-,18+,19-/m1/s1. The molecule has 4 nitrogen and oxygen atoms in total. The van der Waals surface area contributed by atoms with E-state index in [1.807, 2.05) is 6.92 Å². The van der Waals surface area contributed by atoms with Gasteiger partial charge in [-0.3, -0.25) is 0 Å². The second-order valence-electron chi connectivity index (χ2n) is 6.40. The Morgan fingerprint density at radius 3 is 2.48 bits per heavy atom. The summed E-state index contributed by atoms with van der Waals surface area (Å²) in [5.74, 6) is -1.08. The number of hydrogen-bond donors (Lipinski definition) is 0. The molecule has 2 aromatic rings. The van der Waals surface area contributed by atoms with Gasteiger partial charge < -0.3 is 4.74 Å². The Bertz CT molecular complexity index is 934. The van der Waals surface area contributed by atoms with E-state index in [1.54, 1.807) is 30.3 Å². The van der Waals surface area contributed by atoms with Gasteiger partial charge in [-0.1, -0.05) is 29.8 Å². The maximum atomic E-state index is 13.6. The number of nitriles is 1. The molecule has 0 amide bonds. The monoisotopic (exact) mass is 359 g/mol. The van der Waals surface area contributed by atoms with Gasteiger partial charge in [0.1, 0.15) is 11.2 Å². The van der Waals surface area contributed by atoms with Crippen LogP contribution in [0, 0.1) is 29.5 Å².